The fourth-order valence-electron chi connectivity index (χ4n) is 3.19. The van der Waals surface area contributed by atoms with E-state index in [0.29, 0.717) is 5.92 Å². The van der Waals surface area contributed by atoms with Crippen LogP contribution in [0.3, 0.4) is 0 Å². The Kier molecular flexibility index (Phi) is 3.68. The average Bonchev–Trinajstić information content (AvgIpc) is 2.96. The first-order valence-corrected chi connectivity index (χ1v) is 8.50. The fraction of sp³-hybridized carbons (Fsp3) is 0.812. The number of aliphatic hydroxyl groups excluding tert-OH is 1. The molecule has 2 aliphatic rings. The maximum absolute atomic E-state index is 9.99. The van der Waals surface area contributed by atoms with Gasteiger partial charge in [-0.3, -0.25) is 0 Å². The topological polar surface area (TPSA) is 42.4 Å². The molecule has 2 fully saturated rings. The minimum absolute atomic E-state index is 0.0891. The Morgan fingerprint density at radius 3 is 2.75 bits per heavy atom. The molecule has 1 saturated heterocycles. The summed E-state index contributed by atoms with van der Waals surface area (Å²) in [6, 6.07) is 0. The first-order chi connectivity index (χ1) is 9.44. The van der Waals surface area contributed by atoms with E-state index >= 15 is 0 Å². The van der Waals surface area contributed by atoms with Crippen molar-refractivity contribution >= 4 is 11.3 Å². The lowest BCUT2D eigenvalue weighted by Gasteiger charge is -2.31. The predicted octanol–water partition coefficient (Wildman–Crippen LogP) is 3.16. The van der Waals surface area contributed by atoms with E-state index in [1.165, 1.54) is 12.8 Å². The number of aromatic nitrogens is 1. The summed E-state index contributed by atoms with van der Waals surface area (Å²) in [5.41, 5.74) is 1.17. The molecule has 112 valence electrons. The number of thiazole rings is 1. The molecule has 2 unspecified atom stereocenters. The molecule has 0 radical (unpaired) electrons. The van der Waals surface area contributed by atoms with Gasteiger partial charge in [0.1, 0.15) is 0 Å². The molecule has 1 aromatic heterocycles. The fourth-order valence-corrected chi connectivity index (χ4v) is 4.37. The Bertz CT molecular complexity index is 475. The van der Waals surface area contributed by atoms with Crippen molar-refractivity contribution in [2.75, 3.05) is 13.2 Å². The maximum atomic E-state index is 9.99. The number of hydrogen-bond acceptors (Lipinski definition) is 4. The molecule has 2 atom stereocenters. The highest BCUT2D eigenvalue weighted by atomic mass is 32.1. The second-order valence-corrected chi connectivity index (χ2v) is 8.40. The third kappa shape index (κ3) is 2.66. The zero-order valence-electron chi connectivity index (χ0n) is 12.7. The highest BCUT2D eigenvalue weighted by Gasteiger charge is 2.51. The monoisotopic (exact) mass is 295 g/mol. The van der Waals surface area contributed by atoms with Crippen molar-refractivity contribution in [3.05, 3.63) is 16.1 Å². The zero-order valence-corrected chi connectivity index (χ0v) is 13.5. The Morgan fingerprint density at radius 1 is 1.45 bits per heavy atom. The van der Waals surface area contributed by atoms with E-state index in [9.17, 15) is 5.11 Å². The minimum Gasteiger partial charge on any atom is -0.396 e. The molecule has 0 amide bonds. The van der Waals surface area contributed by atoms with Crippen LogP contribution in [-0.4, -0.2) is 29.4 Å². The first kappa shape index (κ1) is 14.5. The summed E-state index contributed by atoms with van der Waals surface area (Å²) >= 11 is 1.73. The number of nitrogens with zero attached hydrogens (tertiary/aromatic N) is 1. The molecule has 2 heterocycles. The highest BCUT2D eigenvalue weighted by Crippen LogP contribution is 2.49. The molecule has 20 heavy (non-hydrogen) atoms. The van der Waals surface area contributed by atoms with Gasteiger partial charge in [0, 0.05) is 29.2 Å². The Hall–Kier alpha value is -0.450. The maximum Gasteiger partial charge on any atom is 0.0935 e. The van der Waals surface area contributed by atoms with Crippen molar-refractivity contribution in [3.8, 4) is 0 Å². The van der Waals surface area contributed by atoms with Gasteiger partial charge < -0.3 is 9.84 Å². The molecule has 0 aromatic carbocycles. The van der Waals surface area contributed by atoms with Crippen LogP contribution in [-0.2, 0) is 16.6 Å². The lowest BCUT2D eigenvalue weighted by molar-refractivity contribution is 0.000540. The van der Waals surface area contributed by atoms with Crippen LogP contribution >= 0.6 is 11.3 Å². The van der Waals surface area contributed by atoms with Crippen molar-refractivity contribution in [2.24, 2.45) is 11.3 Å². The van der Waals surface area contributed by atoms with Gasteiger partial charge in [0.05, 0.1) is 23.4 Å². The van der Waals surface area contributed by atoms with Gasteiger partial charge in [-0.25, -0.2) is 4.98 Å². The van der Waals surface area contributed by atoms with E-state index in [4.69, 9.17) is 9.72 Å². The van der Waals surface area contributed by atoms with Gasteiger partial charge in [0.15, 0.2) is 0 Å². The highest BCUT2D eigenvalue weighted by molar-refractivity contribution is 7.09. The number of aliphatic hydroxyl groups is 1. The summed E-state index contributed by atoms with van der Waals surface area (Å²) in [7, 11) is 0. The van der Waals surface area contributed by atoms with Crippen LogP contribution < -0.4 is 0 Å². The number of ether oxygens (including phenoxy) is 1. The quantitative estimate of drug-likeness (QED) is 0.928. The second-order valence-electron chi connectivity index (χ2n) is 7.45. The van der Waals surface area contributed by atoms with Gasteiger partial charge in [0.2, 0.25) is 0 Å². The molecule has 1 aromatic rings. The van der Waals surface area contributed by atoms with E-state index in [1.54, 1.807) is 11.3 Å². The van der Waals surface area contributed by atoms with E-state index in [-0.39, 0.29) is 23.5 Å². The van der Waals surface area contributed by atoms with Crippen molar-refractivity contribution in [1.82, 2.24) is 4.98 Å². The number of rotatable bonds is 4. The molecule has 1 aliphatic heterocycles. The lowest BCUT2D eigenvalue weighted by atomic mass is 9.77. The third-order valence-electron chi connectivity index (χ3n) is 4.69. The van der Waals surface area contributed by atoms with E-state index in [2.05, 4.69) is 26.2 Å². The van der Waals surface area contributed by atoms with Crippen molar-refractivity contribution in [1.29, 1.82) is 0 Å². The van der Waals surface area contributed by atoms with Gasteiger partial charge in [-0.1, -0.05) is 20.8 Å². The van der Waals surface area contributed by atoms with Crippen molar-refractivity contribution in [2.45, 2.75) is 58.0 Å². The first-order valence-electron chi connectivity index (χ1n) is 7.62. The summed E-state index contributed by atoms with van der Waals surface area (Å²) < 4.78 is 5.95. The summed E-state index contributed by atoms with van der Waals surface area (Å²) in [5.74, 6) is 0.673. The van der Waals surface area contributed by atoms with Gasteiger partial charge in [-0.05, 0) is 25.2 Å². The summed E-state index contributed by atoms with van der Waals surface area (Å²) in [5, 5.41) is 13.3. The Labute approximate surface area is 125 Å². The summed E-state index contributed by atoms with van der Waals surface area (Å²) in [4.78, 5) is 4.80. The van der Waals surface area contributed by atoms with Crippen LogP contribution in [0.15, 0.2) is 5.38 Å². The average molecular weight is 295 g/mol. The van der Waals surface area contributed by atoms with Gasteiger partial charge in [-0.2, -0.15) is 0 Å². The van der Waals surface area contributed by atoms with Gasteiger partial charge in [-0.15, -0.1) is 11.3 Å². The second kappa shape index (κ2) is 5.08. The summed E-state index contributed by atoms with van der Waals surface area (Å²) in [6.45, 7) is 7.59. The SMILES string of the molecule is CC(C)(C)c1csc(CC2(CO)CCOC2C2CC2)n1. The molecule has 0 bridgehead atoms. The Balaban J connectivity index is 1.79. The van der Waals surface area contributed by atoms with Crippen LogP contribution in [0.5, 0.6) is 0 Å². The normalized spacial score (nSPS) is 30.9. The smallest absolute Gasteiger partial charge is 0.0935 e. The number of hydrogen-bond donors (Lipinski definition) is 1. The predicted molar refractivity (Wildman–Crippen MR) is 81.1 cm³/mol. The van der Waals surface area contributed by atoms with Crippen LogP contribution in [0.25, 0.3) is 0 Å². The molecule has 1 N–H and O–H groups in total. The lowest BCUT2D eigenvalue weighted by Crippen LogP contribution is -2.38. The Morgan fingerprint density at radius 2 is 2.20 bits per heavy atom. The standard InChI is InChI=1S/C16H25NO2S/c1-15(2,3)12-9-20-13(17-12)8-16(10-18)6-7-19-14(16)11-4-5-11/h9,11,14,18H,4-8,10H2,1-3H3. The molecule has 4 heteroatoms. The molecular weight excluding hydrogens is 270 g/mol. The molecule has 0 spiro atoms. The largest absolute Gasteiger partial charge is 0.396 e. The molecule has 1 saturated carbocycles. The van der Waals surface area contributed by atoms with Crippen LogP contribution in [0, 0.1) is 11.3 Å². The van der Waals surface area contributed by atoms with E-state index in [1.807, 2.05) is 0 Å². The van der Waals surface area contributed by atoms with Crippen molar-refractivity contribution < 1.29 is 9.84 Å². The minimum atomic E-state index is -0.0891. The molecule has 3 rings (SSSR count). The van der Waals surface area contributed by atoms with Crippen LogP contribution in [0.2, 0.25) is 0 Å². The zero-order chi connectivity index (χ0) is 14.4. The third-order valence-corrected chi connectivity index (χ3v) is 5.54. The van der Waals surface area contributed by atoms with Gasteiger partial charge >= 0.3 is 0 Å². The van der Waals surface area contributed by atoms with E-state index in [0.717, 1.165) is 30.2 Å². The molecule has 1 aliphatic carbocycles. The van der Waals surface area contributed by atoms with Crippen molar-refractivity contribution in [3.63, 3.8) is 0 Å². The molecule has 3 nitrogen and oxygen atoms in total. The van der Waals surface area contributed by atoms with E-state index < -0.39 is 0 Å². The van der Waals surface area contributed by atoms with Crippen LogP contribution in [0.1, 0.15) is 50.7 Å². The summed E-state index contributed by atoms with van der Waals surface area (Å²) in [6.07, 6.45) is 4.60. The molecular formula is C16H25NO2S. The van der Waals surface area contributed by atoms with Gasteiger partial charge in [0.25, 0.3) is 0 Å². The van der Waals surface area contributed by atoms with Crippen LogP contribution in [0.4, 0.5) is 0 Å².